The molecule has 0 aliphatic carbocycles. The minimum absolute atomic E-state index is 0.0474. The number of carbonyl (C=O) groups is 2. The quantitative estimate of drug-likeness (QED) is 0.287. The third kappa shape index (κ3) is 4.85. The number of halogens is 7. The number of Topliss-reactive ketones (excluding diaryl/α,β-unsaturated/α-hetero) is 1. The lowest BCUT2D eigenvalue weighted by atomic mass is 10.0. The summed E-state index contributed by atoms with van der Waals surface area (Å²) in [6, 6.07) is 4.34. The first kappa shape index (κ1) is 22.6. The van der Waals surface area contributed by atoms with Gasteiger partial charge in [-0.25, -0.2) is 0 Å². The van der Waals surface area contributed by atoms with Gasteiger partial charge in [0.1, 0.15) is 5.82 Å². The van der Waals surface area contributed by atoms with E-state index in [1.54, 1.807) is 10.9 Å². The third-order valence-corrected chi connectivity index (χ3v) is 3.83. The molecule has 5 nitrogen and oxygen atoms in total. The molecular weight excluding hydrogens is 404 g/mol. The van der Waals surface area contributed by atoms with E-state index in [1.165, 1.54) is 25.1 Å². The molecule has 1 aromatic carbocycles. The van der Waals surface area contributed by atoms with Crippen molar-refractivity contribution in [2.75, 3.05) is 0 Å². The van der Waals surface area contributed by atoms with Crippen molar-refractivity contribution >= 4 is 23.3 Å². The molecule has 0 aromatic heterocycles. The van der Waals surface area contributed by atoms with E-state index in [1.807, 2.05) is 0 Å². The topological polar surface area (TPSA) is 70.2 Å². The summed E-state index contributed by atoms with van der Waals surface area (Å²) in [5, 5.41) is 1.08. The van der Waals surface area contributed by atoms with Crippen molar-refractivity contribution in [2.45, 2.75) is 31.7 Å². The van der Waals surface area contributed by atoms with Gasteiger partial charge in [0.25, 0.3) is 5.78 Å². The zero-order valence-corrected chi connectivity index (χ0v) is 14.7. The highest BCUT2D eigenvalue weighted by atomic mass is 35.5. The minimum Gasteiger partial charge on any atom is -0.350 e. The molecule has 1 rings (SSSR count). The molecule has 3 N–H and O–H groups in total. The van der Waals surface area contributed by atoms with Crippen LogP contribution in [0.15, 0.2) is 30.6 Å². The zero-order valence-electron chi connectivity index (χ0n) is 13.9. The molecule has 0 saturated carbocycles. The summed E-state index contributed by atoms with van der Waals surface area (Å²) in [7, 11) is 0. The molecule has 0 atom stereocenters. The van der Waals surface area contributed by atoms with Crippen molar-refractivity contribution in [3.63, 3.8) is 0 Å². The second kappa shape index (κ2) is 7.67. The Bertz CT molecular complexity index is 727. The van der Waals surface area contributed by atoms with E-state index >= 15 is 0 Å². The van der Waals surface area contributed by atoms with Gasteiger partial charge in [0.2, 0.25) is 5.54 Å². The van der Waals surface area contributed by atoms with Crippen LogP contribution in [0.5, 0.6) is 0 Å². The van der Waals surface area contributed by atoms with Crippen molar-refractivity contribution in [2.24, 2.45) is 0 Å². The molecular formula is C15H14ClF6N3O2. The molecule has 1 amide bonds. The van der Waals surface area contributed by atoms with Gasteiger partial charge in [0.05, 0.1) is 5.02 Å². The molecule has 27 heavy (non-hydrogen) atoms. The van der Waals surface area contributed by atoms with Crippen molar-refractivity contribution < 1.29 is 35.9 Å². The summed E-state index contributed by atoms with van der Waals surface area (Å²) >= 11 is 5.82. The number of hydrogen-bond acceptors (Lipinski definition) is 4. The number of carbonyl (C=O) groups excluding carboxylic acids is 2. The fourth-order valence-corrected chi connectivity index (χ4v) is 2.17. The van der Waals surface area contributed by atoms with Gasteiger partial charge in [-0.3, -0.25) is 20.4 Å². The standard InChI is InChI=1S/C15H14ClF6N3O2/c1-7-5-4-6-9(16)10(7)11(26)12(27)25-24-8(2)23-13(3,14(17,18)19)15(20,21)22/h4-6,23-24H,2H2,1,3H3,(H,25,27). The predicted octanol–water partition coefficient (Wildman–Crippen LogP) is 3.40. The van der Waals surface area contributed by atoms with Gasteiger partial charge in [-0.2, -0.15) is 26.3 Å². The second-order valence-corrected chi connectivity index (χ2v) is 5.97. The molecule has 0 fully saturated rings. The number of benzene rings is 1. The zero-order chi connectivity index (χ0) is 21.2. The monoisotopic (exact) mass is 417 g/mol. The van der Waals surface area contributed by atoms with E-state index in [4.69, 9.17) is 11.6 Å². The van der Waals surface area contributed by atoms with Gasteiger partial charge in [-0.1, -0.05) is 30.3 Å². The summed E-state index contributed by atoms with van der Waals surface area (Å²) in [6.07, 6.45) is -11.4. The van der Waals surface area contributed by atoms with Crippen LogP contribution in [0.25, 0.3) is 0 Å². The van der Waals surface area contributed by atoms with E-state index in [-0.39, 0.29) is 17.5 Å². The molecule has 0 aliphatic heterocycles. The SMILES string of the molecule is C=C(NNC(=O)C(=O)c1c(C)cccc1Cl)NC(C)(C(F)(F)F)C(F)(F)F. The van der Waals surface area contributed by atoms with Crippen LogP contribution in [0.3, 0.4) is 0 Å². The van der Waals surface area contributed by atoms with Crippen LogP contribution in [0.1, 0.15) is 22.8 Å². The fraction of sp³-hybridized carbons (Fsp3) is 0.333. The molecule has 0 bridgehead atoms. The minimum atomic E-state index is -5.72. The van der Waals surface area contributed by atoms with Crippen molar-refractivity contribution in [1.29, 1.82) is 0 Å². The van der Waals surface area contributed by atoms with Crippen LogP contribution in [0.2, 0.25) is 5.02 Å². The van der Waals surface area contributed by atoms with Crippen LogP contribution in [-0.2, 0) is 4.79 Å². The fourth-order valence-electron chi connectivity index (χ4n) is 1.86. The van der Waals surface area contributed by atoms with Crippen LogP contribution in [0, 0.1) is 6.92 Å². The molecule has 0 radical (unpaired) electrons. The van der Waals surface area contributed by atoms with Crippen LogP contribution in [0.4, 0.5) is 26.3 Å². The second-order valence-electron chi connectivity index (χ2n) is 5.56. The van der Waals surface area contributed by atoms with Gasteiger partial charge in [0.15, 0.2) is 0 Å². The maximum Gasteiger partial charge on any atom is 0.420 e. The number of hydrogen-bond donors (Lipinski definition) is 3. The highest BCUT2D eigenvalue weighted by Gasteiger charge is 2.68. The van der Waals surface area contributed by atoms with Crippen molar-refractivity contribution in [3.05, 3.63) is 46.7 Å². The predicted molar refractivity (Wildman–Crippen MR) is 84.6 cm³/mol. The number of aryl methyl sites for hydroxylation is 1. The highest BCUT2D eigenvalue weighted by molar-refractivity contribution is 6.47. The van der Waals surface area contributed by atoms with Gasteiger partial charge in [-0.05, 0) is 25.5 Å². The summed E-state index contributed by atoms with van der Waals surface area (Å²) in [5.41, 5.74) is -0.777. The summed E-state index contributed by atoms with van der Waals surface area (Å²) in [5.74, 6) is -3.55. The van der Waals surface area contributed by atoms with E-state index in [9.17, 15) is 35.9 Å². The number of rotatable bonds is 6. The Morgan fingerprint density at radius 3 is 2.00 bits per heavy atom. The lowest BCUT2D eigenvalue weighted by Gasteiger charge is -2.36. The molecule has 12 heteroatoms. The summed E-state index contributed by atoms with van der Waals surface area (Å²) in [4.78, 5) is 23.9. The Hall–Kier alpha value is -2.43. The summed E-state index contributed by atoms with van der Waals surface area (Å²) in [6.45, 7) is 4.28. The first-order valence-corrected chi connectivity index (χ1v) is 7.46. The summed E-state index contributed by atoms with van der Waals surface area (Å²) < 4.78 is 76.7. The van der Waals surface area contributed by atoms with Crippen LogP contribution in [-0.4, -0.2) is 29.6 Å². The Balaban J connectivity index is 2.85. The van der Waals surface area contributed by atoms with Gasteiger partial charge in [0, 0.05) is 5.56 Å². The van der Waals surface area contributed by atoms with Crippen LogP contribution >= 0.6 is 11.6 Å². The van der Waals surface area contributed by atoms with E-state index in [0.717, 1.165) is 5.32 Å². The maximum absolute atomic E-state index is 12.8. The number of amides is 1. The van der Waals surface area contributed by atoms with Crippen LogP contribution < -0.4 is 16.2 Å². The maximum atomic E-state index is 12.8. The first-order valence-electron chi connectivity index (χ1n) is 7.08. The smallest absolute Gasteiger partial charge is 0.350 e. The lowest BCUT2D eigenvalue weighted by Crippen LogP contribution is -2.65. The average Bonchev–Trinajstić information content (AvgIpc) is 2.50. The Morgan fingerprint density at radius 1 is 1.04 bits per heavy atom. The third-order valence-electron chi connectivity index (χ3n) is 3.52. The van der Waals surface area contributed by atoms with E-state index < -0.39 is 35.4 Å². The first-order chi connectivity index (χ1) is 12.1. The van der Waals surface area contributed by atoms with Gasteiger partial charge >= 0.3 is 18.3 Å². The average molecular weight is 418 g/mol. The van der Waals surface area contributed by atoms with E-state index in [2.05, 4.69) is 6.58 Å². The Kier molecular flexibility index (Phi) is 6.42. The van der Waals surface area contributed by atoms with Gasteiger partial charge in [-0.15, -0.1) is 0 Å². The molecule has 0 spiro atoms. The Morgan fingerprint density at radius 2 is 1.56 bits per heavy atom. The largest absolute Gasteiger partial charge is 0.420 e. The molecule has 0 unspecified atom stereocenters. The molecule has 0 heterocycles. The Labute approximate surface area is 154 Å². The van der Waals surface area contributed by atoms with E-state index in [0.29, 0.717) is 5.56 Å². The molecule has 0 saturated heterocycles. The van der Waals surface area contributed by atoms with Gasteiger partial charge < -0.3 is 5.32 Å². The molecule has 1 aromatic rings. The number of nitrogens with one attached hydrogen (secondary N) is 3. The normalized spacial score (nSPS) is 12.3. The van der Waals surface area contributed by atoms with Crippen molar-refractivity contribution in [1.82, 2.24) is 16.2 Å². The number of alkyl halides is 6. The molecule has 150 valence electrons. The number of hydrazine groups is 1. The number of ketones is 1. The lowest BCUT2D eigenvalue weighted by molar-refractivity contribution is -0.299. The highest BCUT2D eigenvalue weighted by Crippen LogP contribution is 2.42. The molecule has 0 aliphatic rings. The van der Waals surface area contributed by atoms with Crippen molar-refractivity contribution in [3.8, 4) is 0 Å².